The minimum atomic E-state index is 0.805. The monoisotopic (exact) mass is 1640 g/mol. The van der Waals surface area contributed by atoms with Crippen LogP contribution in [0.3, 0.4) is 0 Å². The lowest BCUT2D eigenvalue weighted by Crippen LogP contribution is -1.88. The van der Waals surface area contributed by atoms with Gasteiger partial charge >= 0.3 is 0 Å². The number of hydrogen-bond acceptors (Lipinski definition) is 4. The Morgan fingerprint density at radius 3 is 0.567 bits per heavy atom. The van der Waals surface area contributed by atoms with Crippen LogP contribution in [-0.4, -0.2) is 0 Å². The summed E-state index contributed by atoms with van der Waals surface area (Å²) in [7, 11) is 0. The average molecular weight is 1640 g/mol. The Balaban J connectivity index is 0.000000800. The molecule has 0 aliphatic rings. The molecule has 0 bridgehead atoms. The van der Waals surface area contributed by atoms with Crippen LogP contribution in [0, 0.1) is 11.8 Å². The molecule has 0 aliphatic carbocycles. The van der Waals surface area contributed by atoms with E-state index in [4.69, 9.17) is 17.7 Å². The Hall–Kier alpha value is -7.04. The number of unbranched alkanes of at least 4 members (excludes halogenated alkanes) is 3. The summed E-state index contributed by atoms with van der Waals surface area (Å²) in [5, 5.41) is 0. The molecule has 4 aromatic rings. The number of hydrogen-bond donors (Lipinski definition) is 0. The van der Waals surface area contributed by atoms with Crippen LogP contribution in [0.2, 0.25) is 0 Å². The van der Waals surface area contributed by atoms with Crippen molar-refractivity contribution < 1.29 is 17.7 Å². The molecule has 0 atom stereocenters. The minimum absolute atomic E-state index is 0.805. The third-order valence-corrected chi connectivity index (χ3v) is 23.0. The maximum absolute atomic E-state index is 5.12. The molecule has 4 rings (SSSR count). The molecule has 0 aromatic carbocycles. The van der Waals surface area contributed by atoms with Gasteiger partial charge in [0.25, 0.3) is 0 Å². The van der Waals surface area contributed by atoms with Crippen LogP contribution in [0.4, 0.5) is 0 Å². The van der Waals surface area contributed by atoms with E-state index < -0.39 is 0 Å². The molecular weight excluding hydrogens is 1460 g/mol. The Kier molecular flexibility index (Phi) is 70.0. The summed E-state index contributed by atoms with van der Waals surface area (Å²) in [6.07, 6.45) is 106. The summed E-state index contributed by atoms with van der Waals surface area (Å²) >= 11 is 0. The zero-order valence-electron chi connectivity index (χ0n) is 82.1. The average Bonchev–Trinajstić information content (AvgIpc) is 1.93. The first kappa shape index (κ1) is 111. The van der Waals surface area contributed by atoms with E-state index in [9.17, 15) is 0 Å². The zero-order valence-corrected chi connectivity index (χ0v) is 82.1. The molecule has 4 nitrogen and oxygen atoms in total. The van der Waals surface area contributed by atoms with Crippen molar-refractivity contribution in [1.82, 2.24) is 0 Å². The molecule has 0 fully saturated rings. The Morgan fingerprint density at radius 2 is 0.383 bits per heavy atom. The van der Waals surface area contributed by atoms with E-state index in [2.05, 4.69) is 274 Å². The largest absolute Gasteiger partial charge is 0.472 e. The highest BCUT2D eigenvalue weighted by atomic mass is 16.3. The van der Waals surface area contributed by atoms with Crippen LogP contribution < -0.4 is 0 Å². The highest BCUT2D eigenvalue weighted by molar-refractivity contribution is 5.17. The van der Waals surface area contributed by atoms with E-state index in [1.807, 2.05) is 25.1 Å². The fourth-order valence-electron chi connectivity index (χ4n) is 14.3. The van der Waals surface area contributed by atoms with Gasteiger partial charge in [-0.15, -0.1) is 0 Å². The molecule has 120 heavy (non-hydrogen) atoms. The highest BCUT2D eigenvalue weighted by Gasteiger charge is 2.05. The zero-order chi connectivity index (χ0) is 88.4. The van der Waals surface area contributed by atoms with Gasteiger partial charge in [-0.05, 0) is 426 Å². The lowest BCUT2D eigenvalue weighted by atomic mass is 10.0. The van der Waals surface area contributed by atoms with E-state index >= 15 is 0 Å². The second-order valence-electron chi connectivity index (χ2n) is 36.7. The molecule has 0 unspecified atom stereocenters. The predicted octanol–water partition coefficient (Wildman–Crippen LogP) is 39.4. The Morgan fingerprint density at radius 1 is 0.208 bits per heavy atom. The molecule has 0 N–H and O–H groups in total. The lowest BCUT2D eigenvalue weighted by molar-refractivity contribution is 0.554. The molecule has 4 aromatic heterocycles. The van der Waals surface area contributed by atoms with Gasteiger partial charge in [0.15, 0.2) is 0 Å². The van der Waals surface area contributed by atoms with Gasteiger partial charge in [-0.2, -0.15) is 0 Å². The molecular formula is C116H184O4. The molecule has 0 saturated carbocycles. The standard InChI is InChI=1S/C30H48O.2C29H46O.C28H44O/c1-25(2)12-7-13-26(3)14-8-15-27(4)16-9-17-28(5)18-10-19-29(6)20-11-21-30-22-23-31-24-30;1-24(2)19-20-28(6)16-9-15-26(4)12-7-11-25(3)13-8-14-27(5)17-10-18-29-21-22-30-23-29;1-6-7-8-13-25(2)14-9-15-26(3)16-10-17-27(4)18-11-19-28(5)20-12-21-29-22-23-30-24-29;1-6-7-12-24(2)13-8-14-25(3)15-9-16-26(4)17-10-18-27(5)19-11-20-28-21-22-29-23-28/h14,16,18,20,22-25H,7-13,15,17,19,21H2,1-6H3;12-13,16-17,21-24H,7-11,14-15,18-20H2,1-6H3;14,16,18,20,22-24H,6-13,15,17,19,21H2,1-5H3;13,15,17,19,21-23H,6-12,14,16,18,20H2,1-5H3/b26-14+,27-16+,28-18+,29-20+;25-13+,26-12+,27-17+,28-16+;25-14+,26-16+,27-18+,28-20+;24-13+,25-15+,26-17+,27-19+. The summed E-state index contributed by atoms with van der Waals surface area (Å²) in [6.45, 7) is 50.2. The topological polar surface area (TPSA) is 52.6 Å². The van der Waals surface area contributed by atoms with E-state index in [1.165, 1.54) is 295 Å². The van der Waals surface area contributed by atoms with Gasteiger partial charge in [0.1, 0.15) is 0 Å². The summed E-state index contributed by atoms with van der Waals surface area (Å²) in [6, 6.07) is 8.21. The fourth-order valence-corrected chi connectivity index (χ4v) is 14.3. The second kappa shape index (κ2) is 75.7. The molecule has 0 radical (unpaired) electrons. The van der Waals surface area contributed by atoms with Crippen LogP contribution in [0.15, 0.2) is 278 Å². The van der Waals surface area contributed by atoms with Crippen molar-refractivity contribution in [3.63, 3.8) is 0 Å². The van der Waals surface area contributed by atoms with Crippen molar-refractivity contribution >= 4 is 0 Å². The smallest absolute Gasteiger partial charge is 0.0934 e. The SMILES string of the molecule is C/C(=C\CC/C(C)=C/CCc1ccoc1)CC/C=C(\C)CC/C=C(\C)CCC(C)C.C/C(=C\CC/C(C)=C/CCc1ccoc1)CC/C=C(\C)CC/C=C(\C)CCCC(C)C.CCCC/C(C)=C/CC/C(C)=C/CC/C(C)=C/CC/C(C)=C/CCc1ccoc1.CCCCC/C(C)=C/CC/C(C)=C/CC/C(C)=C/CC/C(C)=C/CCc1ccoc1. The Labute approximate surface area is 742 Å². The van der Waals surface area contributed by atoms with Gasteiger partial charge in [-0.25, -0.2) is 0 Å². The maximum atomic E-state index is 5.12. The third kappa shape index (κ3) is 71.5. The van der Waals surface area contributed by atoms with Crippen molar-refractivity contribution in [1.29, 1.82) is 0 Å². The lowest BCUT2D eigenvalue weighted by Gasteiger charge is -2.05. The van der Waals surface area contributed by atoms with Gasteiger partial charge < -0.3 is 17.7 Å². The van der Waals surface area contributed by atoms with Crippen LogP contribution >= 0.6 is 0 Å². The maximum Gasteiger partial charge on any atom is 0.0934 e. The molecule has 4 heterocycles. The first-order valence-electron chi connectivity index (χ1n) is 48.3. The van der Waals surface area contributed by atoms with Crippen LogP contribution in [0.1, 0.15) is 431 Å². The van der Waals surface area contributed by atoms with Gasteiger partial charge in [0, 0.05) is 0 Å². The first-order chi connectivity index (χ1) is 57.7. The molecule has 0 saturated heterocycles. The number of furan rings is 4. The first-order valence-corrected chi connectivity index (χ1v) is 48.3. The highest BCUT2D eigenvalue weighted by Crippen LogP contribution is 2.23. The summed E-state index contributed by atoms with van der Waals surface area (Å²) < 4.78 is 20.5. The van der Waals surface area contributed by atoms with Gasteiger partial charge in [-0.1, -0.05) is 254 Å². The van der Waals surface area contributed by atoms with Crippen LogP contribution in [0.5, 0.6) is 0 Å². The van der Waals surface area contributed by atoms with E-state index in [0.29, 0.717) is 0 Å². The van der Waals surface area contributed by atoms with E-state index in [1.54, 1.807) is 47.3 Å². The second-order valence-corrected chi connectivity index (χ2v) is 36.7. The van der Waals surface area contributed by atoms with Gasteiger partial charge in [0.2, 0.25) is 0 Å². The third-order valence-electron chi connectivity index (χ3n) is 23.0. The number of aryl methyl sites for hydroxylation is 4. The van der Waals surface area contributed by atoms with E-state index in [-0.39, 0.29) is 0 Å². The molecule has 672 valence electrons. The van der Waals surface area contributed by atoms with E-state index in [0.717, 1.165) is 88.9 Å². The normalized spacial score (nSPS) is 14.0. The van der Waals surface area contributed by atoms with Crippen molar-refractivity contribution in [3.05, 3.63) is 283 Å². The summed E-state index contributed by atoms with van der Waals surface area (Å²) in [5.74, 6) is 1.63. The van der Waals surface area contributed by atoms with Crippen LogP contribution in [0.25, 0.3) is 0 Å². The molecule has 0 spiro atoms. The predicted molar refractivity (Wildman–Crippen MR) is 535 cm³/mol. The van der Waals surface area contributed by atoms with Crippen molar-refractivity contribution in [3.8, 4) is 0 Å². The fraction of sp³-hybridized carbons (Fsp3) is 0.586. The van der Waals surface area contributed by atoms with Crippen molar-refractivity contribution in [2.75, 3.05) is 0 Å². The summed E-state index contributed by atoms with van der Waals surface area (Å²) in [4.78, 5) is 0. The molecule has 4 heteroatoms. The van der Waals surface area contributed by atoms with Crippen molar-refractivity contribution in [2.24, 2.45) is 11.8 Å². The minimum Gasteiger partial charge on any atom is -0.472 e. The number of rotatable bonds is 62. The Bertz CT molecular complexity index is 3660. The van der Waals surface area contributed by atoms with Gasteiger partial charge in [-0.3, -0.25) is 0 Å². The summed E-state index contributed by atoms with van der Waals surface area (Å²) in [5.41, 5.74) is 29.6. The number of allylic oxidation sites excluding steroid dienone is 32. The van der Waals surface area contributed by atoms with Crippen LogP contribution in [-0.2, 0) is 25.7 Å². The van der Waals surface area contributed by atoms with Crippen molar-refractivity contribution in [2.45, 2.75) is 435 Å². The molecule has 0 amide bonds. The quantitative estimate of drug-likeness (QED) is 0.0327. The van der Waals surface area contributed by atoms with Gasteiger partial charge in [0.05, 0.1) is 50.1 Å². The molecule has 0 aliphatic heterocycles.